The molecule has 4 heterocycles. The second kappa shape index (κ2) is 28.5. The summed E-state index contributed by atoms with van der Waals surface area (Å²) >= 11 is 0. The molecule has 4 aliphatic heterocycles. The van der Waals surface area contributed by atoms with Gasteiger partial charge in [0, 0.05) is 71.2 Å². The van der Waals surface area contributed by atoms with Gasteiger partial charge in [-0.15, -0.1) is 0 Å². The summed E-state index contributed by atoms with van der Waals surface area (Å²) in [4.78, 5) is 72.7. The maximum Gasteiger partial charge on any atom is 0.329 e. The molecule has 0 radical (unpaired) electrons. The number of aliphatic hydroxyl groups excluding tert-OH is 2. The average Bonchev–Trinajstić information content (AvgIpc) is 3.36. The molecule has 15 heteroatoms. The summed E-state index contributed by atoms with van der Waals surface area (Å²) in [6.07, 6.45) is 14.1. The highest BCUT2D eigenvalue weighted by Crippen LogP contribution is 2.38. The van der Waals surface area contributed by atoms with Crippen molar-refractivity contribution in [3.8, 4) is 0 Å². The molecule has 0 aromatic rings. The van der Waals surface area contributed by atoms with Crippen LogP contribution in [0.15, 0.2) is 47.6 Å². The molecule has 2 unspecified atom stereocenters. The number of carbonyl (C=O) groups excluding carboxylic acids is 5. The molecule has 72 heavy (non-hydrogen) atoms. The number of ketones is 3. The van der Waals surface area contributed by atoms with E-state index in [-0.39, 0.29) is 54.8 Å². The van der Waals surface area contributed by atoms with Gasteiger partial charge in [-0.1, -0.05) is 71.1 Å². The van der Waals surface area contributed by atoms with E-state index in [0.717, 1.165) is 44.5 Å². The van der Waals surface area contributed by atoms with Gasteiger partial charge in [-0.3, -0.25) is 19.2 Å². The predicted molar refractivity (Wildman–Crippen MR) is 272 cm³/mol. The number of carbonyl (C=O) groups is 5. The summed E-state index contributed by atoms with van der Waals surface area (Å²) in [6, 6.07) is -1.15. The molecule has 5 rings (SSSR count). The van der Waals surface area contributed by atoms with Crippen molar-refractivity contribution >= 4 is 29.2 Å². The van der Waals surface area contributed by atoms with Crippen LogP contribution in [0.5, 0.6) is 0 Å². The Morgan fingerprint density at radius 3 is 2.28 bits per heavy atom. The van der Waals surface area contributed by atoms with Crippen LogP contribution < -0.4 is 0 Å². The Kier molecular flexibility index (Phi) is 23.5. The minimum atomic E-state index is -2.45. The average molecular weight is 1010 g/mol. The SMILES string of the molecule is CO[C@@H]1C[C@H](C[C@@H](C)[C@@H]2CC(=O)[C@H](C)/C=C(\C)[C@@H](O)[C@@H](OC)C(=O)[C@H](C)C[C@H](C)/C=C/C=C/C=C(\C)C(OCCC3CCOCC3)C[C@@H]3CC[C@@H](C)[C@@](O)(O3)C(=O)C(=O)N3CCCCC3C(=O)O2)CC[C@H]1O. The van der Waals surface area contributed by atoms with Gasteiger partial charge in [-0.05, 0) is 132 Å². The fraction of sp³-hybridized carbons (Fsp3) is 0.772. The zero-order valence-corrected chi connectivity index (χ0v) is 44.8. The van der Waals surface area contributed by atoms with E-state index in [4.69, 9.17) is 28.4 Å². The molecule has 15 atom stereocenters. The first-order chi connectivity index (χ1) is 34.3. The van der Waals surface area contributed by atoms with Crippen molar-refractivity contribution < 1.29 is 67.7 Å². The Morgan fingerprint density at radius 1 is 0.833 bits per heavy atom. The van der Waals surface area contributed by atoms with Crippen LogP contribution in [0.2, 0.25) is 0 Å². The first-order valence-electron chi connectivity index (χ1n) is 27.1. The highest BCUT2D eigenvalue weighted by Gasteiger charge is 2.53. The molecule has 1 amide bonds. The van der Waals surface area contributed by atoms with E-state index in [2.05, 4.69) is 0 Å². The second-order valence-electron chi connectivity index (χ2n) is 22.1. The minimum Gasteiger partial charge on any atom is -0.460 e. The van der Waals surface area contributed by atoms with Gasteiger partial charge in [-0.2, -0.15) is 0 Å². The van der Waals surface area contributed by atoms with Crippen molar-refractivity contribution in [2.45, 2.75) is 199 Å². The summed E-state index contributed by atoms with van der Waals surface area (Å²) < 4.78 is 36.0. The summed E-state index contributed by atoms with van der Waals surface area (Å²) in [5.74, 6) is -7.52. The number of nitrogens with zero attached hydrogens (tertiary/aromatic N) is 1. The maximum atomic E-state index is 14.5. The number of hydrogen-bond donors (Lipinski definition) is 3. The van der Waals surface area contributed by atoms with E-state index in [1.54, 1.807) is 34.0 Å². The van der Waals surface area contributed by atoms with Gasteiger partial charge in [0.05, 0.1) is 24.4 Å². The number of aliphatic hydroxyl groups is 3. The maximum absolute atomic E-state index is 14.5. The topological polar surface area (TPSA) is 205 Å². The molecule has 4 fully saturated rings. The van der Waals surface area contributed by atoms with Gasteiger partial charge in [0.1, 0.15) is 30.1 Å². The lowest BCUT2D eigenvalue weighted by Gasteiger charge is -2.43. The smallest absolute Gasteiger partial charge is 0.329 e. The number of cyclic esters (lactones) is 1. The normalized spacial score (nSPS) is 39.2. The lowest BCUT2D eigenvalue weighted by atomic mass is 9.78. The molecular weight excluding hydrogens is 923 g/mol. The number of fused-ring (bicyclic) bond motifs is 3. The van der Waals surface area contributed by atoms with Crippen molar-refractivity contribution in [2.24, 2.45) is 41.4 Å². The van der Waals surface area contributed by atoms with E-state index in [0.29, 0.717) is 75.9 Å². The van der Waals surface area contributed by atoms with E-state index in [1.165, 1.54) is 12.0 Å². The summed E-state index contributed by atoms with van der Waals surface area (Å²) in [5.41, 5.74) is 1.30. The first-order valence-corrected chi connectivity index (χ1v) is 27.1. The number of methoxy groups -OCH3 is 2. The summed E-state index contributed by atoms with van der Waals surface area (Å²) in [5, 5.41) is 34.2. The number of hydrogen-bond acceptors (Lipinski definition) is 14. The van der Waals surface area contributed by atoms with E-state index in [9.17, 15) is 39.3 Å². The molecule has 1 saturated carbocycles. The molecule has 3 saturated heterocycles. The Bertz CT molecular complexity index is 1920. The largest absolute Gasteiger partial charge is 0.460 e. The van der Waals surface area contributed by atoms with Crippen molar-refractivity contribution in [3.63, 3.8) is 0 Å². The third kappa shape index (κ3) is 16.3. The number of Topliss-reactive ketones (excluding diaryl/α,β-unsaturated/α-hetero) is 3. The van der Waals surface area contributed by atoms with Crippen LogP contribution in [-0.2, 0) is 52.4 Å². The van der Waals surface area contributed by atoms with Crippen LogP contribution in [0.3, 0.4) is 0 Å². The monoisotopic (exact) mass is 1010 g/mol. The molecule has 0 spiro atoms. The van der Waals surface area contributed by atoms with Crippen LogP contribution in [-0.4, -0.2) is 145 Å². The molecule has 0 aromatic heterocycles. The van der Waals surface area contributed by atoms with Crippen LogP contribution in [0, 0.1) is 41.4 Å². The van der Waals surface area contributed by atoms with Crippen LogP contribution in [0.1, 0.15) is 145 Å². The van der Waals surface area contributed by atoms with Gasteiger partial charge in [-0.25, -0.2) is 4.79 Å². The fourth-order valence-corrected chi connectivity index (χ4v) is 11.4. The van der Waals surface area contributed by atoms with E-state index in [1.807, 2.05) is 58.1 Å². The minimum absolute atomic E-state index is 0.00963. The predicted octanol–water partition coefficient (Wildman–Crippen LogP) is 7.37. The third-order valence-corrected chi connectivity index (χ3v) is 16.4. The van der Waals surface area contributed by atoms with Crippen molar-refractivity contribution in [1.29, 1.82) is 0 Å². The highest BCUT2D eigenvalue weighted by atomic mass is 16.6. The van der Waals surface area contributed by atoms with E-state index >= 15 is 0 Å². The van der Waals surface area contributed by atoms with Crippen molar-refractivity contribution in [2.75, 3.05) is 40.6 Å². The van der Waals surface area contributed by atoms with E-state index < -0.39 is 83.9 Å². The van der Waals surface area contributed by atoms with Gasteiger partial charge in [0.2, 0.25) is 5.79 Å². The number of allylic oxidation sites excluding steroid dienone is 6. The molecule has 5 aliphatic rings. The van der Waals surface area contributed by atoms with Crippen LogP contribution >= 0.6 is 0 Å². The Hall–Kier alpha value is -3.41. The summed E-state index contributed by atoms with van der Waals surface area (Å²) in [7, 11) is 2.96. The molecule has 3 N–H and O–H groups in total. The molecule has 15 nitrogen and oxygen atoms in total. The van der Waals surface area contributed by atoms with Gasteiger partial charge in [0.25, 0.3) is 11.7 Å². The zero-order chi connectivity index (χ0) is 52.7. The number of esters is 1. The molecule has 406 valence electrons. The number of piperidine rings is 1. The second-order valence-corrected chi connectivity index (χ2v) is 22.1. The molecule has 2 bridgehead atoms. The van der Waals surface area contributed by atoms with Gasteiger partial charge < -0.3 is 48.6 Å². The molecular formula is C57H89NO14. The number of ether oxygens (including phenoxy) is 6. The van der Waals surface area contributed by atoms with Gasteiger partial charge >= 0.3 is 5.97 Å². The number of rotatable bonds is 9. The van der Waals surface area contributed by atoms with Crippen molar-refractivity contribution in [3.05, 3.63) is 47.6 Å². The quantitative estimate of drug-likeness (QED) is 0.117. The van der Waals surface area contributed by atoms with Gasteiger partial charge in [0.15, 0.2) is 5.78 Å². The number of amides is 1. The molecule has 1 aliphatic carbocycles. The lowest BCUT2D eigenvalue weighted by molar-refractivity contribution is -0.266. The highest BCUT2D eigenvalue weighted by molar-refractivity contribution is 6.39. The molecule has 0 aromatic carbocycles. The fourth-order valence-electron chi connectivity index (χ4n) is 11.4. The van der Waals surface area contributed by atoms with Crippen molar-refractivity contribution in [1.82, 2.24) is 4.90 Å². The lowest BCUT2D eigenvalue weighted by Crippen LogP contribution is -2.61. The Labute approximate surface area is 429 Å². The Balaban J connectivity index is 1.47. The summed E-state index contributed by atoms with van der Waals surface area (Å²) in [6.45, 7) is 14.8. The standard InChI is InChI=1S/C57H89NO14/c1-35-15-11-10-12-16-36(2)48(70-28-24-42-22-26-69-27-23-42)33-44-20-18-41(7)57(66,72-44)54(63)55(64)58-25-14-13-17-45(58)56(65)71-49(38(4)31-43-19-21-46(59)50(32-43)67-8)34-47(60)37(3)30-40(6)52(62)53(68-9)51(61)39(5)29-35/h10-12,15-16,30,35,37-39,41-46,48-50,52-53,59,62,66H,13-14,17-29,31-34H2,1-9H3/b12-10+,15-11+,36-16+,40-30+/t35-,37-,38-,39-,41-,43+,44+,45?,46-,48?,49+,50-,52-,53+,57-/m1/s1. The zero-order valence-electron chi connectivity index (χ0n) is 44.8. The van der Waals surface area contributed by atoms with Crippen LogP contribution in [0.4, 0.5) is 0 Å². The third-order valence-electron chi connectivity index (χ3n) is 16.4. The van der Waals surface area contributed by atoms with Crippen LogP contribution in [0.25, 0.3) is 0 Å². The Morgan fingerprint density at radius 2 is 1.57 bits per heavy atom. The first kappa shape index (κ1) is 59.5.